The lowest BCUT2D eigenvalue weighted by Crippen LogP contribution is -2.25. The van der Waals surface area contributed by atoms with E-state index < -0.39 is 0 Å². The van der Waals surface area contributed by atoms with Crippen LogP contribution in [0.5, 0.6) is 5.75 Å². The quantitative estimate of drug-likeness (QED) is 0.608. The second-order valence-electron chi connectivity index (χ2n) is 6.43. The maximum Gasteiger partial charge on any atom is 0.250 e. The van der Waals surface area contributed by atoms with E-state index in [0.29, 0.717) is 12.4 Å². The van der Waals surface area contributed by atoms with Crippen LogP contribution in [0.15, 0.2) is 29.6 Å². The smallest absolute Gasteiger partial charge is 0.250 e. The van der Waals surface area contributed by atoms with Crippen LogP contribution in [0.1, 0.15) is 26.2 Å². The first-order chi connectivity index (χ1) is 13.1. The molecule has 3 aromatic rings. The van der Waals surface area contributed by atoms with Crippen molar-refractivity contribution in [2.24, 2.45) is 0 Å². The summed E-state index contributed by atoms with van der Waals surface area (Å²) in [6, 6.07) is 7.78. The summed E-state index contributed by atoms with van der Waals surface area (Å²) in [5.74, 6) is 1.08. The number of methoxy groups -OCH3 is 1. The summed E-state index contributed by atoms with van der Waals surface area (Å²) in [4.78, 5) is 19.5. The number of carbonyl (C=O) groups excluding carboxylic acids is 1. The van der Waals surface area contributed by atoms with Crippen LogP contribution in [0.25, 0.3) is 16.2 Å². The minimum absolute atomic E-state index is 0.0670. The Bertz CT molecular complexity index is 887. The molecule has 0 atom stereocenters. The molecule has 8 heteroatoms. The summed E-state index contributed by atoms with van der Waals surface area (Å²) < 4.78 is 6.96. The van der Waals surface area contributed by atoms with E-state index in [0.717, 1.165) is 47.9 Å². The fraction of sp³-hybridized carbons (Fsp3) is 0.421. The van der Waals surface area contributed by atoms with Crippen LogP contribution < -0.4 is 10.1 Å². The topological polar surface area (TPSA) is 71.8 Å². The molecule has 1 N–H and O–H groups in total. The van der Waals surface area contributed by atoms with E-state index >= 15 is 0 Å². The highest BCUT2D eigenvalue weighted by molar-refractivity contribution is 7.15. The Kier molecular flexibility index (Phi) is 6.41. The van der Waals surface area contributed by atoms with Crippen LogP contribution in [-0.4, -0.2) is 52.7 Å². The molecule has 0 radical (unpaired) electrons. The van der Waals surface area contributed by atoms with Crippen LogP contribution in [-0.2, 0) is 4.79 Å². The molecular formula is C19H25N5O2S. The predicted octanol–water partition coefficient (Wildman–Crippen LogP) is 3.53. The highest BCUT2D eigenvalue weighted by Gasteiger charge is 2.14. The fourth-order valence-electron chi connectivity index (χ4n) is 2.71. The number of aromatic nitrogens is 3. The third-order valence-corrected chi connectivity index (χ3v) is 5.15. The van der Waals surface area contributed by atoms with Gasteiger partial charge in [-0.15, -0.1) is 16.4 Å². The van der Waals surface area contributed by atoms with Crippen molar-refractivity contribution in [3.8, 4) is 17.0 Å². The molecule has 0 aliphatic heterocycles. The van der Waals surface area contributed by atoms with Gasteiger partial charge in [-0.1, -0.05) is 13.3 Å². The van der Waals surface area contributed by atoms with Gasteiger partial charge in [0.05, 0.1) is 12.8 Å². The Morgan fingerprint density at radius 2 is 2.07 bits per heavy atom. The third kappa shape index (κ3) is 4.84. The number of hydrogen-bond acceptors (Lipinski definition) is 6. The molecule has 0 saturated heterocycles. The highest BCUT2D eigenvalue weighted by atomic mass is 32.1. The lowest BCUT2D eigenvalue weighted by Gasteiger charge is -2.15. The second kappa shape index (κ2) is 8.96. The number of nitrogens with one attached hydrogen (secondary N) is 1. The summed E-state index contributed by atoms with van der Waals surface area (Å²) in [6.45, 7) is 3.90. The molecule has 1 aromatic carbocycles. The maximum atomic E-state index is 12.2. The number of rotatable bonds is 9. The molecule has 144 valence electrons. The van der Waals surface area contributed by atoms with Crippen LogP contribution in [0.3, 0.4) is 0 Å². The number of unbranched alkanes of at least 4 members (excludes halogenated alkanes) is 1. The Morgan fingerprint density at radius 1 is 1.30 bits per heavy atom. The summed E-state index contributed by atoms with van der Waals surface area (Å²) >= 11 is 1.49. The zero-order valence-corrected chi connectivity index (χ0v) is 16.8. The van der Waals surface area contributed by atoms with E-state index in [2.05, 4.69) is 27.2 Å². The molecule has 0 aliphatic rings. The summed E-state index contributed by atoms with van der Waals surface area (Å²) in [6.07, 6.45) is 2.73. The predicted molar refractivity (Wildman–Crippen MR) is 109 cm³/mol. The van der Waals surface area contributed by atoms with Gasteiger partial charge >= 0.3 is 0 Å². The van der Waals surface area contributed by atoms with Gasteiger partial charge in [0.15, 0.2) is 0 Å². The zero-order chi connectivity index (χ0) is 19.2. The van der Waals surface area contributed by atoms with Crippen molar-refractivity contribution in [3.05, 3.63) is 29.6 Å². The summed E-state index contributed by atoms with van der Waals surface area (Å²) in [7, 11) is 3.68. The van der Waals surface area contributed by atoms with Gasteiger partial charge in [0.2, 0.25) is 16.8 Å². The van der Waals surface area contributed by atoms with Gasteiger partial charge in [-0.05, 0) is 44.3 Å². The average molecular weight is 388 g/mol. The first kappa shape index (κ1) is 19.3. The van der Waals surface area contributed by atoms with Crippen molar-refractivity contribution in [2.75, 3.05) is 32.6 Å². The van der Waals surface area contributed by atoms with E-state index in [4.69, 9.17) is 4.74 Å². The minimum Gasteiger partial charge on any atom is -0.497 e. The van der Waals surface area contributed by atoms with E-state index in [1.807, 2.05) is 36.7 Å². The first-order valence-corrected chi connectivity index (χ1v) is 9.95. The number of amides is 1. The molecule has 2 heterocycles. The van der Waals surface area contributed by atoms with Gasteiger partial charge < -0.3 is 9.64 Å². The number of hydrogen-bond donors (Lipinski definition) is 1. The highest BCUT2D eigenvalue weighted by Crippen LogP contribution is 2.27. The van der Waals surface area contributed by atoms with Crippen molar-refractivity contribution >= 4 is 28.2 Å². The SMILES string of the molecule is CCCCN(C)CCC(=O)Nc1nc2scc(-c3ccc(OC)cc3)n2n1. The van der Waals surface area contributed by atoms with Crippen LogP contribution in [0.4, 0.5) is 5.95 Å². The first-order valence-electron chi connectivity index (χ1n) is 9.07. The van der Waals surface area contributed by atoms with E-state index in [-0.39, 0.29) is 5.91 Å². The molecule has 3 rings (SSSR count). The van der Waals surface area contributed by atoms with Crippen molar-refractivity contribution in [2.45, 2.75) is 26.2 Å². The molecule has 2 aromatic heterocycles. The Labute approximate surface area is 163 Å². The average Bonchev–Trinajstić information content (AvgIpc) is 3.25. The summed E-state index contributed by atoms with van der Waals surface area (Å²) in [5.41, 5.74) is 1.95. The molecule has 0 bridgehead atoms. The fourth-order valence-corrected chi connectivity index (χ4v) is 3.55. The molecule has 0 aliphatic carbocycles. The number of carbonyl (C=O) groups is 1. The second-order valence-corrected chi connectivity index (χ2v) is 7.27. The van der Waals surface area contributed by atoms with E-state index in [9.17, 15) is 4.79 Å². The molecule has 7 nitrogen and oxygen atoms in total. The monoisotopic (exact) mass is 387 g/mol. The van der Waals surface area contributed by atoms with E-state index in [1.165, 1.54) is 11.3 Å². The van der Waals surface area contributed by atoms with Gasteiger partial charge in [0, 0.05) is 23.9 Å². The standard InChI is InChI=1S/C19H25N5O2S/c1-4-5-11-23(2)12-10-17(25)20-18-21-19-24(22-18)16(13-27-19)14-6-8-15(26-3)9-7-14/h6-9,13H,4-5,10-12H2,1-3H3,(H,20,22,25). The Hall–Kier alpha value is -2.45. The van der Waals surface area contributed by atoms with Gasteiger partial charge in [0.1, 0.15) is 5.75 Å². The number of thiazole rings is 1. The Morgan fingerprint density at radius 3 is 2.78 bits per heavy atom. The van der Waals surface area contributed by atoms with Crippen molar-refractivity contribution in [1.29, 1.82) is 0 Å². The molecule has 0 unspecified atom stereocenters. The van der Waals surface area contributed by atoms with Crippen molar-refractivity contribution in [1.82, 2.24) is 19.5 Å². The number of ether oxygens (including phenoxy) is 1. The molecular weight excluding hydrogens is 362 g/mol. The van der Waals surface area contributed by atoms with Crippen LogP contribution in [0.2, 0.25) is 0 Å². The molecule has 1 amide bonds. The molecule has 0 spiro atoms. The third-order valence-electron chi connectivity index (χ3n) is 4.33. The van der Waals surface area contributed by atoms with Gasteiger partial charge in [-0.25, -0.2) is 4.52 Å². The minimum atomic E-state index is -0.0670. The largest absolute Gasteiger partial charge is 0.497 e. The molecule has 0 saturated carbocycles. The zero-order valence-electron chi connectivity index (χ0n) is 15.9. The van der Waals surface area contributed by atoms with E-state index in [1.54, 1.807) is 11.6 Å². The van der Waals surface area contributed by atoms with Gasteiger partial charge in [0.25, 0.3) is 0 Å². The maximum absolute atomic E-state index is 12.2. The normalized spacial score (nSPS) is 11.3. The van der Waals surface area contributed by atoms with Crippen LogP contribution in [0, 0.1) is 0 Å². The number of fused-ring (bicyclic) bond motifs is 1. The van der Waals surface area contributed by atoms with Crippen LogP contribution >= 0.6 is 11.3 Å². The van der Waals surface area contributed by atoms with Gasteiger partial charge in [-0.3, -0.25) is 10.1 Å². The Balaban J connectivity index is 1.65. The lowest BCUT2D eigenvalue weighted by molar-refractivity contribution is -0.116. The summed E-state index contributed by atoms with van der Waals surface area (Å²) in [5, 5.41) is 9.26. The van der Waals surface area contributed by atoms with Gasteiger partial charge in [-0.2, -0.15) is 4.98 Å². The molecule has 0 fully saturated rings. The van der Waals surface area contributed by atoms with Crippen molar-refractivity contribution < 1.29 is 9.53 Å². The number of benzene rings is 1. The number of nitrogens with zero attached hydrogens (tertiary/aromatic N) is 4. The van der Waals surface area contributed by atoms with Crippen molar-refractivity contribution in [3.63, 3.8) is 0 Å². The number of anilines is 1. The lowest BCUT2D eigenvalue weighted by atomic mass is 10.2. The molecule has 27 heavy (non-hydrogen) atoms.